The zero-order chi connectivity index (χ0) is 20.5. The van der Waals surface area contributed by atoms with Crippen molar-refractivity contribution in [1.82, 2.24) is 19.8 Å². The van der Waals surface area contributed by atoms with Crippen molar-refractivity contribution in [1.29, 1.82) is 0 Å². The number of thiazole rings is 1. The number of hydrogen-bond acceptors (Lipinski definition) is 4. The first-order valence-electron chi connectivity index (χ1n) is 10.5. The van der Waals surface area contributed by atoms with E-state index in [0.717, 1.165) is 40.7 Å². The number of urea groups is 1. The quantitative estimate of drug-likeness (QED) is 0.671. The van der Waals surface area contributed by atoms with Gasteiger partial charge in [0, 0.05) is 35.6 Å². The van der Waals surface area contributed by atoms with Crippen molar-refractivity contribution < 1.29 is 9.59 Å². The molecule has 1 saturated carbocycles. The Balaban J connectivity index is 1.21. The summed E-state index contributed by atoms with van der Waals surface area (Å²) in [6, 6.07) is 10.2. The van der Waals surface area contributed by atoms with Gasteiger partial charge in [0.2, 0.25) is 5.91 Å². The smallest absolute Gasteiger partial charge is 0.321 e. The highest BCUT2D eigenvalue weighted by Gasteiger charge is 2.25. The van der Waals surface area contributed by atoms with Gasteiger partial charge in [-0.05, 0) is 30.4 Å². The average molecular weight is 424 g/mol. The summed E-state index contributed by atoms with van der Waals surface area (Å²) in [6.07, 6.45) is 7.15. The van der Waals surface area contributed by atoms with Gasteiger partial charge in [0.25, 0.3) is 0 Å². The Labute approximate surface area is 179 Å². The van der Waals surface area contributed by atoms with Crippen LogP contribution in [0.4, 0.5) is 9.93 Å². The zero-order valence-corrected chi connectivity index (χ0v) is 17.6. The van der Waals surface area contributed by atoms with Crippen molar-refractivity contribution in [3.8, 4) is 0 Å². The summed E-state index contributed by atoms with van der Waals surface area (Å²) in [7, 11) is 0. The molecule has 0 radical (unpaired) electrons. The Morgan fingerprint density at radius 3 is 2.87 bits per heavy atom. The number of rotatable bonds is 4. The van der Waals surface area contributed by atoms with Crippen LogP contribution < -0.4 is 10.6 Å². The number of benzene rings is 1. The minimum absolute atomic E-state index is 0.101. The topological polar surface area (TPSA) is 79.3 Å². The molecule has 0 saturated heterocycles. The lowest BCUT2D eigenvalue weighted by molar-refractivity contribution is -0.132. The minimum Gasteiger partial charge on any atom is -0.338 e. The Kier molecular flexibility index (Phi) is 5.16. The lowest BCUT2D eigenvalue weighted by Crippen LogP contribution is -2.37. The van der Waals surface area contributed by atoms with E-state index in [-0.39, 0.29) is 18.0 Å². The number of carbonyl (C=O) groups is 2. The van der Waals surface area contributed by atoms with Crippen LogP contribution in [0.25, 0.3) is 10.9 Å². The van der Waals surface area contributed by atoms with Crippen molar-refractivity contribution >= 4 is 39.3 Å². The lowest BCUT2D eigenvalue weighted by Gasteiger charge is -2.26. The van der Waals surface area contributed by atoms with Gasteiger partial charge in [0.05, 0.1) is 12.2 Å². The van der Waals surface area contributed by atoms with Gasteiger partial charge in [-0.2, -0.15) is 0 Å². The molecule has 1 aliphatic heterocycles. The highest BCUT2D eigenvalue weighted by molar-refractivity contribution is 7.15. The van der Waals surface area contributed by atoms with Crippen molar-refractivity contribution in [3.05, 3.63) is 47.1 Å². The van der Waals surface area contributed by atoms with Gasteiger partial charge < -0.3 is 14.8 Å². The summed E-state index contributed by atoms with van der Waals surface area (Å²) in [5, 5.41) is 7.65. The summed E-state index contributed by atoms with van der Waals surface area (Å²) in [6.45, 7) is 1.54. The molecule has 5 rings (SSSR count). The van der Waals surface area contributed by atoms with E-state index in [4.69, 9.17) is 0 Å². The number of nitrogens with zero attached hydrogens (tertiary/aromatic N) is 3. The third-order valence-electron chi connectivity index (χ3n) is 5.98. The standard InChI is InChI=1S/C22H25N5O2S/c28-20(14-26-11-9-15-5-1-4-8-18(15)26)27-12-10-17-19(13-27)30-22(24-17)25-21(29)23-16-6-2-3-7-16/h1,4-5,8-9,11,16H,2-3,6-7,10,12-14H2,(H2,23,24,25,29). The molecule has 1 fully saturated rings. The van der Waals surface area contributed by atoms with Crippen LogP contribution in [0.2, 0.25) is 0 Å². The van der Waals surface area contributed by atoms with Gasteiger partial charge in [-0.3, -0.25) is 10.1 Å². The molecule has 30 heavy (non-hydrogen) atoms. The number of anilines is 1. The molecule has 2 aromatic heterocycles. The molecule has 1 aliphatic carbocycles. The average Bonchev–Trinajstić information content (AvgIpc) is 3.47. The van der Waals surface area contributed by atoms with Crippen LogP contribution in [-0.4, -0.2) is 39.0 Å². The van der Waals surface area contributed by atoms with Gasteiger partial charge >= 0.3 is 6.03 Å². The van der Waals surface area contributed by atoms with Crippen LogP contribution >= 0.6 is 11.3 Å². The highest BCUT2D eigenvalue weighted by atomic mass is 32.1. The fourth-order valence-corrected chi connectivity index (χ4v) is 5.39. The molecule has 0 unspecified atom stereocenters. The number of fused-ring (bicyclic) bond motifs is 2. The van der Waals surface area contributed by atoms with Crippen LogP contribution in [0.1, 0.15) is 36.3 Å². The molecule has 7 nitrogen and oxygen atoms in total. The molecule has 8 heteroatoms. The van der Waals surface area contributed by atoms with Crippen molar-refractivity contribution in [3.63, 3.8) is 0 Å². The number of para-hydroxylation sites is 1. The number of carbonyl (C=O) groups excluding carboxylic acids is 2. The lowest BCUT2D eigenvalue weighted by atomic mass is 10.2. The first-order chi connectivity index (χ1) is 14.7. The number of amides is 3. The first-order valence-corrected chi connectivity index (χ1v) is 11.3. The fraction of sp³-hybridized carbons (Fsp3) is 0.409. The molecule has 2 aliphatic rings. The Hall–Kier alpha value is -2.87. The summed E-state index contributed by atoms with van der Waals surface area (Å²) in [5.41, 5.74) is 2.06. The molecule has 3 amide bonds. The van der Waals surface area contributed by atoms with Crippen molar-refractivity contribution in [2.45, 2.75) is 51.2 Å². The molecule has 0 bridgehead atoms. The fourth-order valence-electron chi connectivity index (χ4n) is 4.37. The van der Waals surface area contributed by atoms with E-state index in [1.165, 1.54) is 24.2 Å². The summed E-state index contributed by atoms with van der Waals surface area (Å²) < 4.78 is 2.00. The molecular weight excluding hydrogens is 398 g/mol. The summed E-state index contributed by atoms with van der Waals surface area (Å²) >= 11 is 1.47. The number of hydrogen-bond donors (Lipinski definition) is 2. The van der Waals surface area contributed by atoms with Crippen LogP contribution in [0, 0.1) is 0 Å². The predicted octanol–water partition coefficient (Wildman–Crippen LogP) is 3.75. The van der Waals surface area contributed by atoms with E-state index in [0.29, 0.717) is 24.8 Å². The highest BCUT2D eigenvalue weighted by Crippen LogP contribution is 2.29. The molecular formula is C22H25N5O2S. The van der Waals surface area contributed by atoms with Gasteiger partial charge in [-0.1, -0.05) is 42.4 Å². The SMILES string of the molecule is O=C(Nc1nc2c(s1)CN(C(=O)Cn1ccc3ccccc31)CC2)NC1CCCC1. The largest absolute Gasteiger partial charge is 0.338 e. The monoisotopic (exact) mass is 423 g/mol. The van der Waals surface area contributed by atoms with Gasteiger partial charge in [-0.15, -0.1) is 0 Å². The van der Waals surface area contributed by atoms with Gasteiger partial charge in [0.15, 0.2) is 5.13 Å². The van der Waals surface area contributed by atoms with Crippen LogP contribution in [0.5, 0.6) is 0 Å². The van der Waals surface area contributed by atoms with E-state index in [2.05, 4.69) is 21.7 Å². The third kappa shape index (κ3) is 3.92. The minimum atomic E-state index is -0.180. The van der Waals surface area contributed by atoms with Gasteiger partial charge in [0.1, 0.15) is 6.54 Å². The third-order valence-corrected chi connectivity index (χ3v) is 6.98. The molecule has 2 N–H and O–H groups in total. The van der Waals surface area contributed by atoms with E-state index in [1.54, 1.807) is 0 Å². The Morgan fingerprint density at radius 1 is 1.17 bits per heavy atom. The maximum Gasteiger partial charge on any atom is 0.321 e. The normalized spacial score (nSPS) is 16.6. The van der Waals surface area contributed by atoms with E-state index in [9.17, 15) is 9.59 Å². The van der Waals surface area contributed by atoms with Crippen LogP contribution in [-0.2, 0) is 24.3 Å². The van der Waals surface area contributed by atoms with E-state index >= 15 is 0 Å². The molecule has 3 aromatic rings. The van der Waals surface area contributed by atoms with Crippen LogP contribution in [0.15, 0.2) is 36.5 Å². The maximum absolute atomic E-state index is 12.9. The summed E-state index contributed by atoms with van der Waals surface area (Å²) in [5.74, 6) is 0.101. The second-order valence-electron chi connectivity index (χ2n) is 8.04. The number of aromatic nitrogens is 2. The first kappa shape index (κ1) is 19.1. The molecule has 156 valence electrons. The summed E-state index contributed by atoms with van der Waals surface area (Å²) in [4.78, 5) is 32.6. The van der Waals surface area contributed by atoms with E-state index in [1.807, 2.05) is 39.9 Å². The van der Waals surface area contributed by atoms with Crippen molar-refractivity contribution in [2.75, 3.05) is 11.9 Å². The zero-order valence-electron chi connectivity index (χ0n) is 16.8. The maximum atomic E-state index is 12.9. The predicted molar refractivity (Wildman–Crippen MR) is 118 cm³/mol. The second-order valence-corrected chi connectivity index (χ2v) is 9.12. The molecule has 0 atom stereocenters. The van der Waals surface area contributed by atoms with Crippen LogP contribution in [0.3, 0.4) is 0 Å². The Morgan fingerprint density at radius 2 is 2.00 bits per heavy atom. The number of nitrogens with one attached hydrogen (secondary N) is 2. The molecule has 0 spiro atoms. The van der Waals surface area contributed by atoms with Crippen molar-refractivity contribution in [2.24, 2.45) is 0 Å². The Bertz CT molecular complexity index is 1080. The second kappa shape index (κ2) is 8.10. The van der Waals surface area contributed by atoms with Gasteiger partial charge in [-0.25, -0.2) is 9.78 Å². The van der Waals surface area contributed by atoms with E-state index < -0.39 is 0 Å². The molecule has 3 heterocycles. The molecule has 1 aromatic carbocycles.